The standard InChI is InChI=1S/C25H31N3O3/c1-30-24-15-9-8-14-22(24)23-16-21(31-27-23)18-28(17-19-10-4-2-5-11-19)25(29)26-20-12-6-3-7-13-20/h2,4-5,8-11,14-15,20-21H,3,6-7,12-13,16-18H2,1H3,(H,26,29). The largest absolute Gasteiger partial charge is 0.496 e. The second-order valence-electron chi connectivity index (χ2n) is 8.32. The molecular weight excluding hydrogens is 390 g/mol. The number of amides is 2. The lowest BCUT2D eigenvalue weighted by Crippen LogP contribution is -2.47. The molecule has 0 saturated heterocycles. The fourth-order valence-corrected chi connectivity index (χ4v) is 4.35. The van der Waals surface area contributed by atoms with Gasteiger partial charge in [0.05, 0.1) is 19.4 Å². The van der Waals surface area contributed by atoms with E-state index in [1.807, 2.05) is 59.5 Å². The Labute approximate surface area is 184 Å². The molecule has 1 unspecified atom stereocenters. The third kappa shape index (κ3) is 5.57. The zero-order valence-electron chi connectivity index (χ0n) is 18.1. The maximum atomic E-state index is 13.2. The first-order chi connectivity index (χ1) is 15.2. The van der Waals surface area contributed by atoms with Gasteiger partial charge in [-0.15, -0.1) is 0 Å². The highest BCUT2D eigenvalue weighted by Crippen LogP contribution is 2.25. The summed E-state index contributed by atoms with van der Waals surface area (Å²) < 4.78 is 5.46. The molecule has 2 aromatic rings. The third-order valence-electron chi connectivity index (χ3n) is 6.01. The summed E-state index contributed by atoms with van der Waals surface area (Å²) in [6, 6.07) is 18.1. The van der Waals surface area contributed by atoms with Crippen molar-refractivity contribution < 1.29 is 14.4 Å². The number of nitrogens with one attached hydrogen (secondary N) is 1. The Kier molecular flexibility index (Phi) is 7.07. The Balaban J connectivity index is 1.42. The minimum absolute atomic E-state index is 0.0231. The van der Waals surface area contributed by atoms with E-state index in [0.29, 0.717) is 19.5 Å². The highest BCUT2D eigenvalue weighted by molar-refractivity contribution is 6.03. The highest BCUT2D eigenvalue weighted by Gasteiger charge is 2.29. The molecule has 2 amide bonds. The molecule has 6 heteroatoms. The van der Waals surface area contributed by atoms with Crippen molar-refractivity contribution >= 4 is 11.7 Å². The van der Waals surface area contributed by atoms with Crippen LogP contribution in [0.2, 0.25) is 0 Å². The molecule has 0 aromatic heterocycles. The van der Waals surface area contributed by atoms with E-state index in [-0.39, 0.29) is 18.2 Å². The Morgan fingerprint density at radius 3 is 2.61 bits per heavy atom. The summed E-state index contributed by atoms with van der Waals surface area (Å²) in [5.41, 5.74) is 2.90. The van der Waals surface area contributed by atoms with Crippen LogP contribution in [-0.4, -0.2) is 42.4 Å². The number of rotatable bonds is 7. The molecule has 1 atom stereocenters. The third-order valence-corrected chi connectivity index (χ3v) is 6.01. The van der Waals surface area contributed by atoms with Crippen LogP contribution < -0.4 is 10.1 Å². The van der Waals surface area contributed by atoms with Gasteiger partial charge in [0, 0.05) is 24.6 Å². The molecule has 1 N–H and O–H groups in total. The number of carbonyl (C=O) groups excluding carboxylic acids is 1. The number of nitrogens with zero attached hydrogens (tertiary/aromatic N) is 2. The van der Waals surface area contributed by atoms with Crippen molar-refractivity contribution in [1.82, 2.24) is 10.2 Å². The molecule has 1 heterocycles. The lowest BCUT2D eigenvalue weighted by atomic mass is 9.96. The number of hydrogen-bond donors (Lipinski definition) is 1. The van der Waals surface area contributed by atoms with Gasteiger partial charge < -0.3 is 19.8 Å². The Morgan fingerprint density at radius 2 is 1.84 bits per heavy atom. The van der Waals surface area contributed by atoms with E-state index in [9.17, 15) is 4.79 Å². The van der Waals surface area contributed by atoms with E-state index in [2.05, 4.69) is 10.5 Å². The molecule has 1 saturated carbocycles. The smallest absolute Gasteiger partial charge is 0.318 e. The summed E-state index contributed by atoms with van der Waals surface area (Å²) in [6.07, 6.45) is 6.22. The predicted molar refractivity (Wildman–Crippen MR) is 121 cm³/mol. The SMILES string of the molecule is COc1ccccc1C1=NOC(CN(Cc2ccccc2)C(=O)NC2CCCCC2)C1. The topological polar surface area (TPSA) is 63.2 Å². The van der Waals surface area contributed by atoms with Gasteiger partial charge in [-0.25, -0.2) is 4.79 Å². The molecule has 1 aliphatic heterocycles. The van der Waals surface area contributed by atoms with Crippen LogP contribution in [0.5, 0.6) is 5.75 Å². The summed E-state index contributed by atoms with van der Waals surface area (Å²) in [4.78, 5) is 20.8. The van der Waals surface area contributed by atoms with Crippen LogP contribution in [-0.2, 0) is 11.4 Å². The van der Waals surface area contributed by atoms with Crippen LogP contribution in [0.1, 0.15) is 49.7 Å². The van der Waals surface area contributed by atoms with Crippen molar-refractivity contribution in [3.63, 3.8) is 0 Å². The van der Waals surface area contributed by atoms with E-state index < -0.39 is 0 Å². The van der Waals surface area contributed by atoms with Crippen LogP contribution in [0.15, 0.2) is 59.8 Å². The van der Waals surface area contributed by atoms with Crippen LogP contribution >= 0.6 is 0 Å². The second-order valence-corrected chi connectivity index (χ2v) is 8.32. The molecule has 1 fully saturated rings. The number of urea groups is 1. The first-order valence-electron chi connectivity index (χ1n) is 11.2. The Bertz CT molecular complexity index is 894. The molecule has 0 radical (unpaired) electrons. The first-order valence-corrected chi connectivity index (χ1v) is 11.2. The van der Waals surface area contributed by atoms with E-state index in [1.165, 1.54) is 19.3 Å². The summed E-state index contributed by atoms with van der Waals surface area (Å²) >= 11 is 0. The van der Waals surface area contributed by atoms with Crippen LogP contribution in [0, 0.1) is 0 Å². The quantitative estimate of drug-likeness (QED) is 0.703. The summed E-state index contributed by atoms with van der Waals surface area (Å²) in [5, 5.41) is 7.56. The molecule has 2 aromatic carbocycles. The van der Waals surface area contributed by atoms with Gasteiger partial charge in [0.15, 0.2) is 6.10 Å². The number of oxime groups is 1. The number of ether oxygens (including phenoxy) is 1. The fourth-order valence-electron chi connectivity index (χ4n) is 4.35. The molecule has 1 aliphatic carbocycles. The van der Waals surface area contributed by atoms with Gasteiger partial charge in [-0.2, -0.15) is 0 Å². The minimum atomic E-state index is -0.180. The molecule has 31 heavy (non-hydrogen) atoms. The van der Waals surface area contributed by atoms with Gasteiger partial charge in [-0.3, -0.25) is 0 Å². The summed E-state index contributed by atoms with van der Waals surface area (Å²) in [7, 11) is 1.66. The van der Waals surface area contributed by atoms with Gasteiger partial charge in [0.25, 0.3) is 0 Å². The van der Waals surface area contributed by atoms with Gasteiger partial charge in [-0.05, 0) is 30.5 Å². The normalized spacial score (nSPS) is 18.7. The molecule has 0 spiro atoms. The average Bonchev–Trinajstić information content (AvgIpc) is 3.28. The summed E-state index contributed by atoms with van der Waals surface area (Å²) in [6.45, 7) is 1.03. The zero-order valence-corrected chi connectivity index (χ0v) is 18.1. The average molecular weight is 422 g/mol. The van der Waals surface area contributed by atoms with Crippen molar-refractivity contribution in [3.8, 4) is 5.75 Å². The lowest BCUT2D eigenvalue weighted by Gasteiger charge is -2.29. The molecule has 164 valence electrons. The monoisotopic (exact) mass is 421 g/mol. The van der Waals surface area contributed by atoms with Crippen molar-refractivity contribution in [3.05, 3.63) is 65.7 Å². The Hall–Kier alpha value is -3.02. The van der Waals surface area contributed by atoms with Crippen LogP contribution in [0.25, 0.3) is 0 Å². The molecule has 4 rings (SSSR count). The van der Waals surface area contributed by atoms with Gasteiger partial charge in [-0.1, -0.05) is 66.9 Å². The van der Waals surface area contributed by atoms with E-state index in [1.54, 1.807) is 7.11 Å². The zero-order chi connectivity index (χ0) is 21.5. The number of hydrogen-bond acceptors (Lipinski definition) is 4. The number of carbonyl (C=O) groups is 1. The second kappa shape index (κ2) is 10.3. The number of benzene rings is 2. The van der Waals surface area contributed by atoms with E-state index in [0.717, 1.165) is 35.4 Å². The molecule has 6 nitrogen and oxygen atoms in total. The maximum Gasteiger partial charge on any atom is 0.318 e. The molecule has 0 bridgehead atoms. The number of methoxy groups -OCH3 is 1. The minimum Gasteiger partial charge on any atom is -0.496 e. The van der Waals surface area contributed by atoms with Crippen molar-refractivity contribution in [2.75, 3.05) is 13.7 Å². The molecule has 2 aliphatic rings. The summed E-state index contributed by atoms with van der Waals surface area (Å²) in [5.74, 6) is 0.779. The van der Waals surface area contributed by atoms with Gasteiger partial charge in [0.1, 0.15) is 5.75 Å². The fraction of sp³-hybridized carbons (Fsp3) is 0.440. The molecular formula is C25H31N3O3. The van der Waals surface area contributed by atoms with Crippen molar-refractivity contribution in [1.29, 1.82) is 0 Å². The van der Waals surface area contributed by atoms with E-state index >= 15 is 0 Å². The van der Waals surface area contributed by atoms with Crippen molar-refractivity contribution in [2.45, 2.75) is 57.2 Å². The van der Waals surface area contributed by atoms with Gasteiger partial charge >= 0.3 is 6.03 Å². The highest BCUT2D eigenvalue weighted by atomic mass is 16.6. The van der Waals surface area contributed by atoms with Crippen LogP contribution in [0.4, 0.5) is 4.79 Å². The van der Waals surface area contributed by atoms with Crippen LogP contribution in [0.3, 0.4) is 0 Å². The predicted octanol–water partition coefficient (Wildman–Crippen LogP) is 4.73. The van der Waals surface area contributed by atoms with E-state index in [4.69, 9.17) is 9.57 Å². The Morgan fingerprint density at radius 1 is 1.10 bits per heavy atom. The maximum absolute atomic E-state index is 13.2. The number of para-hydroxylation sites is 1. The van der Waals surface area contributed by atoms with Gasteiger partial charge in [0.2, 0.25) is 0 Å². The first kappa shape index (κ1) is 21.2. The van der Waals surface area contributed by atoms with Crippen molar-refractivity contribution in [2.24, 2.45) is 5.16 Å². The lowest BCUT2D eigenvalue weighted by molar-refractivity contribution is 0.0583.